The van der Waals surface area contributed by atoms with E-state index in [1.54, 1.807) is 6.20 Å². The minimum atomic E-state index is -0.309. The summed E-state index contributed by atoms with van der Waals surface area (Å²) < 4.78 is 0. The third-order valence-electron chi connectivity index (χ3n) is 3.19. The highest BCUT2D eigenvalue weighted by Crippen LogP contribution is 2.20. The number of nitrogens with zero attached hydrogens (tertiary/aromatic N) is 2. The van der Waals surface area contributed by atoms with Crippen molar-refractivity contribution in [2.45, 2.75) is 33.2 Å². The van der Waals surface area contributed by atoms with E-state index in [1.165, 1.54) is 0 Å². The van der Waals surface area contributed by atoms with Gasteiger partial charge in [0.1, 0.15) is 5.84 Å². The van der Waals surface area contributed by atoms with Crippen LogP contribution in [0.3, 0.4) is 0 Å². The van der Waals surface area contributed by atoms with E-state index in [-0.39, 0.29) is 17.3 Å². The zero-order chi connectivity index (χ0) is 13.6. The van der Waals surface area contributed by atoms with Gasteiger partial charge in [0, 0.05) is 23.9 Å². The molecule has 1 rings (SSSR count). The molecule has 1 heterocycles. The molecule has 4 N–H and O–H groups in total. The highest BCUT2D eigenvalue weighted by atomic mass is 16.4. The minimum absolute atomic E-state index is 0.238. The molecule has 0 spiro atoms. The van der Waals surface area contributed by atoms with Gasteiger partial charge in [0.25, 0.3) is 0 Å². The molecule has 0 aliphatic heterocycles. The summed E-state index contributed by atoms with van der Waals surface area (Å²) in [4.78, 5) is 4.09. The maximum atomic E-state index is 8.69. The standard InChI is InChI=1S/C13H22N4O/c1-10(11-5-4-7-15-9-11)16-8-6-13(2,3)12(14)17-18/h4-5,7,9-10,16,18H,6,8H2,1-3H3,(H2,14,17)/t10-/m0/s1. The van der Waals surface area contributed by atoms with Crippen molar-refractivity contribution in [2.75, 3.05) is 6.54 Å². The van der Waals surface area contributed by atoms with Crippen LogP contribution in [-0.4, -0.2) is 22.6 Å². The van der Waals surface area contributed by atoms with E-state index < -0.39 is 0 Å². The Morgan fingerprint density at radius 3 is 2.89 bits per heavy atom. The van der Waals surface area contributed by atoms with E-state index in [0.29, 0.717) is 0 Å². The van der Waals surface area contributed by atoms with Gasteiger partial charge < -0.3 is 16.3 Å². The first-order chi connectivity index (χ1) is 8.47. The van der Waals surface area contributed by atoms with Crippen LogP contribution in [0.2, 0.25) is 0 Å². The molecular formula is C13H22N4O. The molecule has 1 aromatic rings. The van der Waals surface area contributed by atoms with Gasteiger partial charge in [0.05, 0.1) is 0 Å². The zero-order valence-corrected chi connectivity index (χ0v) is 11.2. The summed E-state index contributed by atoms with van der Waals surface area (Å²) in [6, 6.07) is 4.20. The molecule has 100 valence electrons. The van der Waals surface area contributed by atoms with Gasteiger partial charge in [-0.25, -0.2) is 0 Å². The molecule has 0 fully saturated rings. The molecule has 0 saturated carbocycles. The summed E-state index contributed by atoms with van der Waals surface area (Å²) in [6.45, 7) is 6.80. The van der Waals surface area contributed by atoms with Gasteiger partial charge in [0.15, 0.2) is 0 Å². The van der Waals surface area contributed by atoms with Crippen LogP contribution in [0.4, 0.5) is 0 Å². The Bertz CT molecular complexity index is 389. The summed E-state index contributed by atoms with van der Waals surface area (Å²) in [7, 11) is 0. The van der Waals surface area contributed by atoms with Crippen LogP contribution in [0, 0.1) is 5.41 Å². The van der Waals surface area contributed by atoms with Gasteiger partial charge in [-0.15, -0.1) is 0 Å². The second kappa shape index (κ2) is 6.35. The maximum absolute atomic E-state index is 8.69. The largest absolute Gasteiger partial charge is 0.409 e. The average molecular weight is 250 g/mol. The Labute approximate surface area is 108 Å². The molecule has 0 unspecified atom stereocenters. The van der Waals surface area contributed by atoms with E-state index in [0.717, 1.165) is 18.5 Å². The molecule has 0 amide bonds. The molecule has 0 bridgehead atoms. The highest BCUT2D eigenvalue weighted by molar-refractivity contribution is 5.85. The molecule has 1 atom stereocenters. The monoisotopic (exact) mass is 250 g/mol. The van der Waals surface area contributed by atoms with E-state index in [1.807, 2.05) is 32.2 Å². The van der Waals surface area contributed by atoms with E-state index in [2.05, 4.69) is 22.4 Å². The van der Waals surface area contributed by atoms with Crippen LogP contribution in [-0.2, 0) is 0 Å². The van der Waals surface area contributed by atoms with Gasteiger partial charge in [0.2, 0.25) is 0 Å². The normalized spacial score (nSPS) is 14.5. The number of nitrogens with one attached hydrogen (secondary N) is 1. The average Bonchev–Trinajstić information content (AvgIpc) is 2.38. The molecule has 18 heavy (non-hydrogen) atoms. The van der Waals surface area contributed by atoms with E-state index >= 15 is 0 Å². The van der Waals surface area contributed by atoms with Crippen molar-refractivity contribution >= 4 is 5.84 Å². The first kappa shape index (κ1) is 14.4. The fourth-order valence-electron chi connectivity index (χ4n) is 1.61. The second-order valence-electron chi connectivity index (χ2n) is 5.08. The lowest BCUT2D eigenvalue weighted by Crippen LogP contribution is -2.35. The van der Waals surface area contributed by atoms with Crippen molar-refractivity contribution < 1.29 is 5.21 Å². The van der Waals surface area contributed by atoms with E-state index in [4.69, 9.17) is 10.9 Å². The first-order valence-corrected chi connectivity index (χ1v) is 6.08. The number of oxime groups is 1. The second-order valence-corrected chi connectivity index (χ2v) is 5.08. The molecule has 0 aliphatic rings. The Balaban J connectivity index is 2.43. The van der Waals surface area contributed by atoms with Crippen molar-refractivity contribution in [3.63, 3.8) is 0 Å². The fourth-order valence-corrected chi connectivity index (χ4v) is 1.61. The van der Waals surface area contributed by atoms with Gasteiger partial charge >= 0.3 is 0 Å². The van der Waals surface area contributed by atoms with Gasteiger partial charge in [-0.1, -0.05) is 25.1 Å². The highest BCUT2D eigenvalue weighted by Gasteiger charge is 2.23. The summed E-state index contributed by atoms with van der Waals surface area (Å²) >= 11 is 0. The number of hydrogen-bond acceptors (Lipinski definition) is 4. The summed E-state index contributed by atoms with van der Waals surface area (Å²) in [6.07, 6.45) is 4.41. The minimum Gasteiger partial charge on any atom is -0.409 e. The van der Waals surface area contributed by atoms with Crippen LogP contribution in [0.1, 0.15) is 38.8 Å². The molecule has 0 aromatic carbocycles. The Morgan fingerprint density at radius 1 is 1.61 bits per heavy atom. The lowest BCUT2D eigenvalue weighted by atomic mass is 9.88. The maximum Gasteiger partial charge on any atom is 0.144 e. The third kappa shape index (κ3) is 4.00. The summed E-state index contributed by atoms with van der Waals surface area (Å²) in [5, 5.41) is 15.2. The lowest BCUT2D eigenvalue weighted by Gasteiger charge is -2.24. The summed E-state index contributed by atoms with van der Waals surface area (Å²) in [5.41, 5.74) is 6.48. The number of rotatable bonds is 6. The predicted octanol–water partition coefficient (Wildman–Crippen LogP) is 1.89. The Morgan fingerprint density at radius 2 is 2.33 bits per heavy atom. The molecule has 0 radical (unpaired) electrons. The lowest BCUT2D eigenvalue weighted by molar-refractivity contribution is 0.304. The Hall–Kier alpha value is -1.62. The molecule has 5 heteroatoms. The number of hydrogen-bond donors (Lipinski definition) is 3. The number of nitrogens with two attached hydrogens (primary N) is 1. The van der Waals surface area contributed by atoms with Crippen LogP contribution in [0.5, 0.6) is 0 Å². The smallest absolute Gasteiger partial charge is 0.144 e. The fraction of sp³-hybridized carbons (Fsp3) is 0.538. The van der Waals surface area contributed by atoms with Crippen molar-refractivity contribution in [3.05, 3.63) is 30.1 Å². The first-order valence-electron chi connectivity index (χ1n) is 6.08. The number of aromatic nitrogens is 1. The molecule has 0 aliphatic carbocycles. The molecule has 1 aromatic heterocycles. The zero-order valence-electron chi connectivity index (χ0n) is 11.2. The SMILES string of the molecule is C[C@H](NCCC(C)(C)/C(N)=N/O)c1cccnc1. The predicted molar refractivity (Wildman–Crippen MR) is 72.5 cm³/mol. The topological polar surface area (TPSA) is 83.5 Å². The van der Waals surface area contributed by atoms with Crippen molar-refractivity contribution in [2.24, 2.45) is 16.3 Å². The van der Waals surface area contributed by atoms with Gasteiger partial charge in [-0.2, -0.15) is 0 Å². The van der Waals surface area contributed by atoms with E-state index in [9.17, 15) is 0 Å². The molecule has 0 saturated heterocycles. The molecule has 5 nitrogen and oxygen atoms in total. The van der Waals surface area contributed by atoms with Crippen LogP contribution >= 0.6 is 0 Å². The van der Waals surface area contributed by atoms with Crippen LogP contribution in [0.15, 0.2) is 29.7 Å². The Kier molecular flexibility index (Phi) is 5.09. The summed E-state index contributed by atoms with van der Waals surface area (Å²) in [5.74, 6) is 0.262. The van der Waals surface area contributed by atoms with Crippen molar-refractivity contribution in [1.29, 1.82) is 0 Å². The van der Waals surface area contributed by atoms with Gasteiger partial charge in [-0.3, -0.25) is 4.98 Å². The number of pyridine rings is 1. The van der Waals surface area contributed by atoms with Crippen molar-refractivity contribution in [1.82, 2.24) is 10.3 Å². The number of amidine groups is 1. The quantitative estimate of drug-likeness (QED) is 0.311. The van der Waals surface area contributed by atoms with Crippen LogP contribution < -0.4 is 11.1 Å². The van der Waals surface area contributed by atoms with Crippen molar-refractivity contribution in [3.8, 4) is 0 Å². The van der Waals surface area contributed by atoms with Crippen LogP contribution in [0.25, 0.3) is 0 Å². The van der Waals surface area contributed by atoms with Gasteiger partial charge in [-0.05, 0) is 31.5 Å². The molecular weight excluding hydrogens is 228 g/mol. The third-order valence-corrected chi connectivity index (χ3v) is 3.19.